The lowest BCUT2D eigenvalue weighted by molar-refractivity contribution is -0.120. The van der Waals surface area contributed by atoms with E-state index in [1.165, 1.54) is 0 Å². The van der Waals surface area contributed by atoms with Gasteiger partial charge in [0.15, 0.2) is 10.8 Å². The average molecular weight is 541 g/mol. The summed E-state index contributed by atoms with van der Waals surface area (Å²) in [6, 6.07) is 12.9. The molecule has 2 aromatic carbocycles. The number of carbonyl (C=O) groups is 1. The topological polar surface area (TPSA) is 90.9 Å². The second kappa shape index (κ2) is 14.2. The summed E-state index contributed by atoms with van der Waals surface area (Å²) in [5, 5.41) is 0.396. The van der Waals surface area contributed by atoms with Crippen LogP contribution < -0.4 is 20.3 Å². The Hall–Kier alpha value is -3.07. The maximum Gasteiger partial charge on any atom is 0.259 e. The minimum absolute atomic E-state index is 0.122. The molecule has 0 spiro atoms. The first-order chi connectivity index (χ1) is 18.3. The Bertz CT molecular complexity index is 1130. The monoisotopic (exact) mass is 540 g/mol. The number of hydrogen-bond donors (Lipinski definition) is 1. The van der Waals surface area contributed by atoms with Crippen LogP contribution in [0.15, 0.2) is 42.5 Å². The molecule has 0 aliphatic carbocycles. The van der Waals surface area contributed by atoms with Crippen molar-refractivity contribution in [2.75, 3.05) is 62.6 Å². The van der Waals surface area contributed by atoms with Gasteiger partial charge in [-0.15, -0.1) is 0 Å². The molecule has 0 bridgehead atoms. The first-order valence-electron chi connectivity index (χ1n) is 12.6. The van der Waals surface area contributed by atoms with Crippen LogP contribution in [0.4, 0.5) is 17.1 Å². The maximum atomic E-state index is 13.4. The molecule has 0 aromatic heterocycles. The molecule has 38 heavy (non-hydrogen) atoms. The van der Waals surface area contributed by atoms with E-state index in [0.29, 0.717) is 69.3 Å². The van der Waals surface area contributed by atoms with Crippen molar-refractivity contribution in [3.8, 4) is 5.75 Å². The van der Waals surface area contributed by atoms with Gasteiger partial charge in [0.25, 0.3) is 5.91 Å². The summed E-state index contributed by atoms with van der Waals surface area (Å²) in [7, 11) is 0. The number of benzene rings is 2. The summed E-state index contributed by atoms with van der Waals surface area (Å²) in [6.45, 7) is 17.1. The summed E-state index contributed by atoms with van der Waals surface area (Å²) in [4.78, 5) is 20.3. The van der Waals surface area contributed by atoms with Crippen molar-refractivity contribution in [1.29, 1.82) is 0 Å². The number of anilines is 2. The van der Waals surface area contributed by atoms with E-state index in [1.54, 1.807) is 17.0 Å². The van der Waals surface area contributed by atoms with Gasteiger partial charge in [-0.1, -0.05) is 6.07 Å². The van der Waals surface area contributed by atoms with Gasteiger partial charge in [0.1, 0.15) is 11.3 Å². The van der Waals surface area contributed by atoms with Crippen molar-refractivity contribution >= 4 is 40.3 Å². The molecular formula is C28H36N4O5S. The predicted octanol–water partition coefficient (Wildman–Crippen LogP) is 4.24. The second-order valence-electron chi connectivity index (χ2n) is 9.22. The van der Waals surface area contributed by atoms with Gasteiger partial charge in [-0.25, -0.2) is 4.85 Å². The SMILES string of the molecule is [C-]#[N+]c1ccc(N2C(=O)C(C)(C)N(c3ccc(OCCCOCCOCCOCCN)cc3)C2=S)cc1C. The molecule has 2 aromatic rings. The first kappa shape index (κ1) is 29.5. The minimum Gasteiger partial charge on any atom is -0.494 e. The Morgan fingerprint density at radius 3 is 2.13 bits per heavy atom. The molecule has 2 N–H and O–H groups in total. The van der Waals surface area contributed by atoms with Gasteiger partial charge in [-0.05, 0) is 75.0 Å². The molecule has 0 saturated carbocycles. The number of thiocarbonyl (C=S) groups is 1. The zero-order valence-corrected chi connectivity index (χ0v) is 23.1. The van der Waals surface area contributed by atoms with Gasteiger partial charge in [0.05, 0.1) is 46.2 Å². The van der Waals surface area contributed by atoms with Crippen LogP contribution in [0.1, 0.15) is 25.8 Å². The smallest absolute Gasteiger partial charge is 0.259 e. The molecule has 1 fully saturated rings. The third kappa shape index (κ3) is 7.28. The Balaban J connectivity index is 1.48. The minimum atomic E-state index is -0.871. The molecule has 1 aliphatic rings. The van der Waals surface area contributed by atoms with Crippen molar-refractivity contribution in [1.82, 2.24) is 0 Å². The molecule has 0 unspecified atom stereocenters. The van der Waals surface area contributed by atoms with Crippen LogP contribution in [0.5, 0.6) is 5.75 Å². The highest BCUT2D eigenvalue weighted by molar-refractivity contribution is 7.81. The number of carbonyl (C=O) groups excluding carboxylic acids is 1. The fourth-order valence-corrected chi connectivity index (χ4v) is 4.55. The van der Waals surface area contributed by atoms with Crippen molar-refractivity contribution in [2.45, 2.75) is 32.7 Å². The van der Waals surface area contributed by atoms with E-state index in [-0.39, 0.29) is 5.91 Å². The van der Waals surface area contributed by atoms with Gasteiger partial charge < -0.3 is 29.6 Å². The van der Waals surface area contributed by atoms with Crippen LogP contribution in [0.2, 0.25) is 0 Å². The van der Waals surface area contributed by atoms with E-state index in [4.69, 9.17) is 43.5 Å². The number of aryl methyl sites for hydroxylation is 1. The number of rotatable bonds is 15. The van der Waals surface area contributed by atoms with Gasteiger partial charge in [0.2, 0.25) is 0 Å². The summed E-state index contributed by atoms with van der Waals surface area (Å²) in [5.74, 6) is 0.606. The van der Waals surface area contributed by atoms with E-state index in [9.17, 15) is 4.79 Å². The lowest BCUT2D eigenvalue weighted by Gasteiger charge is -2.29. The lowest BCUT2D eigenvalue weighted by atomic mass is 10.0. The van der Waals surface area contributed by atoms with E-state index in [2.05, 4.69) is 4.85 Å². The van der Waals surface area contributed by atoms with E-state index >= 15 is 0 Å². The third-order valence-corrected chi connectivity index (χ3v) is 6.40. The van der Waals surface area contributed by atoms with Crippen molar-refractivity contribution < 1.29 is 23.7 Å². The standard InChI is InChI=1S/C28H36N4O5S/c1-21-20-23(8-11-25(21)30-4)31-26(33)28(2,3)32(27(31)38)22-6-9-24(10-7-22)37-14-5-13-34-16-18-36-19-17-35-15-12-29/h6-11,20H,5,12-19,29H2,1-3H3. The molecule has 10 heteroatoms. The van der Waals surface area contributed by atoms with Crippen LogP contribution in [0.25, 0.3) is 4.85 Å². The van der Waals surface area contributed by atoms with Crippen molar-refractivity contribution in [3.63, 3.8) is 0 Å². The molecular weight excluding hydrogens is 504 g/mol. The van der Waals surface area contributed by atoms with Gasteiger partial charge in [0, 0.05) is 30.9 Å². The number of nitrogens with two attached hydrogens (primary N) is 1. The highest BCUT2D eigenvalue weighted by Gasteiger charge is 2.50. The molecule has 3 rings (SSSR count). The lowest BCUT2D eigenvalue weighted by Crippen LogP contribution is -2.44. The number of nitrogens with zero attached hydrogens (tertiary/aromatic N) is 3. The molecule has 1 saturated heterocycles. The van der Waals surface area contributed by atoms with Crippen LogP contribution in [-0.4, -0.2) is 69.4 Å². The molecule has 0 radical (unpaired) electrons. The molecule has 0 atom stereocenters. The Morgan fingerprint density at radius 2 is 1.53 bits per heavy atom. The number of amides is 1. The maximum absolute atomic E-state index is 13.4. The number of ether oxygens (including phenoxy) is 4. The summed E-state index contributed by atoms with van der Waals surface area (Å²) in [6.07, 6.45) is 0.750. The molecule has 204 valence electrons. The molecule has 1 aliphatic heterocycles. The van der Waals surface area contributed by atoms with Gasteiger partial charge in [-0.2, -0.15) is 0 Å². The Labute approximate surface area is 230 Å². The normalized spacial score (nSPS) is 14.7. The summed E-state index contributed by atoms with van der Waals surface area (Å²) in [5.41, 5.74) is 7.29. The van der Waals surface area contributed by atoms with Crippen molar-refractivity contribution in [3.05, 3.63) is 59.4 Å². The van der Waals surface area contributed by atoms with Gasteiger partial charge in [-0.3, -0.25) is 9.69 Å². The highest BCUT2D eigenvalue weighted by Crippen LogP contribution is 2.38. The van der Waals surface area contributed by atoms with E-state index < -0.39 is 5.54 Å². The Kier molecular flexibility index (Phi) is 11.0. The zero-order chi connectivity index (χ0) is 27.5. The largest absolute Gasteiger partial charge is 0.494 e. The second-order valence-corrected chi connectivity index (χ2v) is 9.59. The van der Waals surface area contributed by atoms with Crippen LogP contribution in [-0.2, 0) is 19.0 Å². The first-order valence-corrected chi connectivity index (χ1v) is 13.0. The fourth-order valence-electron chi connectivity index (χ4n) is 4.03. The molecule has 1 amide bonds. The quantitative estimate of drug-likeness (QED) is 0.204. The van der Waals surface area contributed by atoms with E-state index in [0.717, 1.165) is 23.4 Å². The van der Waals surface area contributed by atoms with Gasteiger partial charge >= 0.3 is 0 Å². The third-order valence-electron chi connectivity index (χ3n) is 6.03. The van der Waals surface area contributed by atoms with E-state index in [1.807, 2.05) is 56.0 Å². The molecule has 1 heterocycles. The van der Waals surface area contributed by atoms with Crippen LogP contribution in [0, 0.1) is 13.5 Å². The fraction of sp³-hybridized carbons (Fsp3) is 0.464. The highest BCUT2D eigenvalue weighted by atomic mass is 32.1. The predicted molar refractivity (Wildman–Crippen MR) is 152 cm³/mol. The van der Waals surface area contributed by atoms with Crippen molar-refractivity contribution in [2.24, 2.45) is 5.73 Å². The molecule has 9 nitrogen and oxygen atoms in total. The summed E-state index contributed by atoms with van der Waals surface area (Å²) < 4.78 is 22.0. The summed E-state index contributed by atoms with van der Waals surface area (Å²) >= 11 is 5.76. The zero-order valence-electron chi connectivity index (χ0n) is 22.3. The Morgan fingerprint density at radius 1 is 0.921 bits per heavy atom. The average Bonchev–Trinajstić information content (AvgIpc) is 3.08. The number of hydrogen-bond acceptors (Lipinski definition) is 7. The van der Waals surface area contributed by atoms with Crippen LogP contribution >= 0.6 is 12.2 Å². The van der Waals surface area contributed by atoms with Crippen LogP contribution in [0.3, 0.4) is 0 Å².